The molecule has 2 rings (SSSR count). The summed E-state index contributed by atoms with van der Waals surface area (Å²) in [4.78, 5) is 16.2. The molecule has 1 amide bonds. The van der Waals surface area contributed by atoms with Gasteiger partial charge in [0, 0.05) is 19.0 Å². The first-order chi connectivity index (χ1) is 9.97. The molecule has 0 aliphatic rings. The maximum absolute atomic E-state index is 11.8. The first-order valence-electron chi connectivity index (χ1n) is 6.74. The number of anilines is 1. The van der Waals surface area contributed by atoms with Crippen molar-refractivity contribution >= 4 is 22.6 Å². The molecule has 0 bridgehead atoms. The first-order valence-corrected chi connectivity index (χ1v) is 6.74. The number of hydrogen-bond donors (Lipinski definition) is 2. The van der Waals surface area contributed by atoms with Crippen molar-refractivity contribution in [2.24, 2.45) is 5.41 Å². The lowest BCUT2D eigenvalue weighted by molar-refractivity contribution is -0.128. The summed E-state index contributed by atoms with van der Waals surface area (Å²) in [5.74, 6) is 0.554. The Kier molecular flexibility index (Phi) is 4.08. The number of nitriles is 1. The second-order valence-electron chi connectivity index (χ2n) is 5.50. The molecule has 0 fully saturated rings. The van der Waals surface area contributed by atoms with E-state index in [2.05, 4.69) is 21.7 Å². The van der Waals surface area contributed by atoms with Crippen molar-refractivity contribution in [3.8, 4) is 6.07 Å². The van der Waals surface area contributed by atoms with Crippen LogP contribution in [-0.4, -0.2) is 24.5 Å². The molecule has 0 unspecified atom stereocenters. The molecule has 0 aliphatic carbocycles. The van der Waals surface area contributed by atoms with Gasteiger partial charge in [-0.2, -0.15) is 5.26 Å². The van der Waals surface area contributed by atoms with E-state index >= 15 is 0 Å². The molecule has 1 heterocycles. The maximum Gasteiger partial charge on any atom is 0.227 e. The van der Waals surface area contributed by atoms with Crippen LogP contribution in [0.15, 0.2) is 30.3 Å². The van der Waals surface area contributed by atoms with Gasteiger partial charge in [-0.1, -0.05) is 18.2 Å². The molecule has 0 atom stereocenters. The van der Waals surface area contributed by atoms with Gasteiger partial charge >= 0.3 is 0 Å². The number of aromatic nitrogens is 1. The highest BCUT2D eigenvalue weighted by atomic mass is 16.2. The van der Waals surface area contributed by atoms with Crippen LogP contribution in [0.4, 0.5) is 5.82 Å². The van der Waals surface area contributed by atoms with Crippen LogP contribution in [-0.2, 0) is 4.79 Å². The summed E-state index contributed by atoms with van der Waals surface area (Å²) < 4.78 is 0. The summed E-state index contributed by atoms with van der Waals surface area (Å²) in [7, 11) is 1.62. The summed E-state index contributed by atoms with van der Waals surface area (Å²) in [6.07, 6.45) is 0. The van der Waals surface area contributed by atoms with E-state index in [-0.39, 0.29) is 5.91 Å². The van der Waals surface area contributed by atoms with Gasteiger partial charge in [0.25, 0.3) is 0 Å². The summed E-state index contributed by atoms with van der Waals surface area (Å²) in [6, 6.07) is 11.4. The van der Waals surface area contributed by atoms with Gasteiger partial charge in [-0.15, -0.1) is 0 Å². The third-order valence-electron chi connectivity index (χ3n) is 3.39. The predicted octanol–water partition coefficient (Wildman–Crippen LogP) is 2.29. The molecule has 0 radical (unpaired) electrons. The number of fused-ring (bicyclic) bond motifs is 1. The van der Waals surface area contributed by atoms with E-state index in [0.717, 1.165) is 10.9 Å². The summed E-state index contributed by atoms with van der Waals surface area (Å²) in [6.45, 7) is 4.14. The van der Waals surface area contributed by atoms with Gasteiger partial charge in [-0.25, -0.2) is 4.98 Å². The molecule has 0 saturated heterocycles. The van der Waals surface area contributed by atoms with Crippen molar-refractivity contribution in [1.29, 1.82) is 5.26 Å². The number of nitrogens with zero attached hydrogens (tertiary/aromatic N) is 2. The predicted molar refractivity (Wildman–Crippen MR) is 82.8 cm³/mol. The number of para-hydroxylation sites is 1. The molecule has 5 heteroatoms. The lowest BCUT2D eigenvalue weighted by atomic mass is 9.92. The quantitative estimate of drug-likeness (QED) is 0.902. The zero-order valence-electron chi connectivity index (χ0n) is 12.4. The van der Waals surface area contributed by atoms with E-state index < -0.39 is 5.41 Å². The van der Waals surface area contributed by atoms with E-state index in [0.29, 0.717) is 17.9 Å². The fourth-order valence-electron chi connectivity index (χ4n) is 2.09. The SMILES string of the molecule is CNC(=O)C(C)(C)CNc1cc(C#N)c2ccccc2n1. The van der Waals surface area contributed by atoms with Crippen LogP contribution in [0.2, 0.25) is 0 Å². The van der Waals surface area contributed by atoms with Crippen molar-refractivity contribution in [2.75, 3.05) is 18.9 Å². The van der Waals surface area contributed by atoms with Gasteiger partial charge in [0.05, 0.1) is 22.6 Å². The summed E-state index contributed by atoms with van der Waals surface area (Å²) >= 11 is 0. The largest absolute Gasteiger partial charge is 0.369 e. The average molecular weight is 282 g/mol. The monoisotopic (exact) mass is 282 g/mol. The number of pyridine rings is 1. The lowest BCUT2D eigenvalue weighted by Crippen LogP contribution is -2.39. The number of nitrogens with one attached hydrogen (secondary N) is 2. The third kappa shape index (κ3) is 3.11. The Morgan fingerprint density at radius 1 is 1.38 bits per heavy atom. The molecule has 5 nitrogen and oxygen atoms in total. The van der Waals surface area contributed by atoms with Crippen molar-refractivity contribution in [1.82, 2.24) is 10.3 Å². The Bertz CT molecular complexity index is 716. The minimum atomic E-state index is -0.561. The highest BCUT2D eigenvalue weighted by Crippen LogP contribution is 2.22. The molecule has 1 aromatic heterocycles. The number of carbonyl (C=O) groups is 1. The minimum absolute atomic E-state index is 0.0451. The Morgan fingerprint density at radius 3 is 2.76 bits per heavy atom. The third-order valence-corrected chi connectivity index (χ3v) is 3.39. The molecule has 2 N–H and O–H groups in total. The number of benzene rings is 1. The Morgan fingerprint density at radius 2 is 2.10 bits per heavy atom. The molecular formula is C16H18N4O. The number of carbonyl (C=O) groups excluding carboxylic acids is 1. The Labute approximate surface area is 124 Å². The first kappa shape index (κ1) is 14.8. The molecule has 2 aromatic rings. The Balaban J connectivity index is 2.28. The van der Waals surface area contributed by atoms with E-state index in [1.165, 1.54) is 0 Å². The van der Waals surface area contributed by atoms with Crippen LogP contribution in [0.1, 0.15) is 19.4 Å². The zero-order chi connectivity index (χ0) is 15.5. The van der Waals surface area contributed by atoms with E-state index in [1.54, 1.807) is 13.1 Å². The number of rotatable bonds is 4. The van der Waals surface area contributed by atoms with Gasteiger partial charge in [-0.3, -0.25) is 4.79 Å². The molecule has 0 spiro atoms. The van der Waals surface area contributed by atoms with Crippen LogP contribution in [0, 0.1) is 16.7 Å². The smallest absolute Gasteiger partial charge is 0.227 e. The van der Waals surface area contributed by atoms with Gasteiger partial charge in [0.15, 0.2) is 0 Å². The maximum atomic E-state index is 11.8. The Hall–Kier alpha value is -2.61. The summed E-state index contributed by atoms with van der Waals surface area (Å²) in [5, 5.41) is 15.9. The molecular weight excluding hydrogens is 264 g/mol. The van der Waals surface area contributed by atoms with Crippen LogP contribution in [0.5, 0.6) is 0 Å². The standard InChI is InChI=1S/C16H18N4O/c1-16(2,15(21)18-3)10-19-14-8-11(9-17)12-6-4-5-7-13(12)20-14/h4-8H,10H2,1-3H3,(H,18,21)(H,19,20). The molecule has 108 valence electrons. The van der Waals surface area contributed by atoms with Crippen LogP contribution in [0.3, 0.4) is 0 Å². The molecule has 1 aromatic carbocycles. The van der Waals surface area contributed by atoms with Gasteiger partial charge in [0.2, 0.25) is 5.91 Å². The van der Waals surface area contributed by atoms with Gasteiger partial charge < -0.3 is 10.6 Å². The van der Waals surface area contributed by atoms with Crippen molar-refractivity contribution in [2.45, 2.75) is 13.8 Å². The number of amides is 1. The molecule has 0 aliphatic heterocycles. The van der Waals surface area contributed by atoms with E-state index in [1.807, 2.05) is 38.1 Å². The topological polar surface area (TPSA) is 77.8 Å². The second kappa shape index (κ2) is 5.80. The van der Waals surface area contributed by atoms with Crippen LogP contribution < -0.4 is 10.6 Å². The normalized spacial score (nSPS) is 11.0. The van der Waals surface area contributed by atoms with E-state index in [9.17, 15) is 10.1 Å². The highest BCUT2D eigenvalue weighted by molar-refractivity contribution is 5.86. The molecule has 0 saturated carbocycles. The van der Waals surface area contributed by atoms with Crippen LogP contribution in [0.25, 0.3) is 10.9 Å². The highest BCUT2D eigenvalue weighted by Gasteiger charge is 2.26. The van der Waals surface area contributed by atoms with Crippen molar-refractivity contribution in [3.63, 3.8) is 0 Å². The fourth-order valence-corrected chi connectivity index (χ4v) is 2.09. The molecule has 21 heavy (non-hydrogen) atoms. The summed E-state index contributed by atoms with van der Waals surface area (Å²) in [5.41, 5.74) is 0.771. The lowest BCUT2D eigenvalue weighted by Gasteiger charge is -2.23. The second-order valence-corrected chi connectivity index (χ2v) is 5.50. The minimum Gasteiger partial charge on any atom is -0.369 e. The average Bonchev–Trinajstić information content (AvgIpc) is 2.51. The van der Waals surface area contributed by atoms with E-state index in [4.69, 9.17) is 0 Å². The van der Waals surface area contributed by atoms with Gasteiger partial charge in [-0.05, 0) is 26.0 Å². The van der Waals surface area contributed by atoms with Crippen molar-refractivity contribution < 1.29 is 4.79 Å². The van der Waals surface area contributed by atoms with Crippen molar-refractivity contribution in [3.05, 3.63) is 35.9 Å². The van der Waals surface area contributed by atoms with Crippen LogP contribution >= 0.6 is 0 Å². The zero-order valence-corrected chi connectivity index (χ0v) is 12.4. The van der Waals surface area contributed by atoms with Gasteiger partial charge in [0.1, 0.15) is 5.82 Å². The number of hydrogen-bond acceptors (Lipinski definition) is 4. The fraction of sp³-hybridized carbons (Fsp3) is 0.312.